The summed E-state index contributed by atoms with van der Waals surface area (Å²) in [6.07, 6.45) is 0. The second-order valence-corrected chi connectivity index (χ2v) is 0.612. The molecule has 4 heavy (non-hydrogen) atoms. The number of epoxide rings is 1. The molecule has 0 aromatic carbocycles. The molecule has 0 amide bonds. The van der Waals surface area contributed by atoms with E-state index in [1.807, 2.05) is 0 Å². The van der Waals surface area contributed by atoms with Gasteiger partial charge in [0, 0.05) is 0 Å². The first-order chi connectivity index (χ1) is 1.50. The molecule has 0 saturated carbocycles. The van der Waals surface area contributed by atoms with Gasteiger partial charge in [0.25, 0.3) is 0 Å². The van der Waals surface area contributed by atoms with E-state index in [9.17, 15) is 0 Å². The van der Waals surface area contributed by atoms with Crippen LogP contribution in [0.15, 0.2) is 0 Å². The molecular weight excluding hydrogens is 249 g/mol. The standard InChI is InChI=1S/C2H4O.Po.2H/c1-2-3-1;;;/h1-2H2;;;. The van der Waals surface area contributed by atoms with E-state index < -0.39 is 0 Å². The molecule has 1 fully saturated rings. The summed E-state index contributed by atoms with van der Waals surface area (Å²) in [5.74, 6) is 0. The van der Waals surface area contributed by atoms with E-state index in [1.165, 1.54) is 0 Å². The third kappa shape index (κ3) is 2.86. The number of ether oxygens (including phenoxy) is 1. The van der Waals surface area contributed by atoms with Crippen LogP contribution in [0.5, 0.6) is 0 Å². The van der Waals surface area contributed by atoms with Gasteiger partial charge >= 0.3 is 26.6 Å². The average molecular weight is 255 g/mol. The van der Waals surface area contributed by atoms with Crippen molar-refractivity contribution in [2.45, 2.75) is 0 Å². The van der Waals surface area contributed by atoms with Gasteiger partial charge in [0.1, 0.15) is 0 Å². The van der Waals surface area contributed by atoms with Gasteiger partial charge in [-0.15, -0.1) is 0 Å². The summed E-state index contributed by atoms with van der Waals surface area (Å²) in [6, 6.07) is 0. The van der Waals surface area contributed by atoms with Crippen LogP contribution in [0.1, 0.15) is 0 Å². The fourth-order valence-corrected chi connectivity index (χ4v) is 0. The first-order valence-corrected chi connectivity index (χ1v) is 1.08. The molecule has 1 nitrogen and oxygen atoms in total. The van der Waals surface area contributed by atoms with Crippen molar-refractivity contribution in [2.24, 2.45) is 0 Å². The predicted molar refractivity (Wildman–Crippen MR) is 19.4 cm³/mol. The van der Waals surface area contributed by atoms with Crippen LogP contribution in [0.2, 0.25) is 0 Å². The van der Waals surface area contributed by atoms with Crippen molar-refractivity contribution in [1.82, 2.24) is 0 Å². The van der Waals surface area contributed by atoms with Crippen LogP contribution in [0.3, 0.4) is 0 Å². The fourth-order valence-electron chi connectivity index (χ4n) is 0. The summed E-state index contributed by atoms with van der Waals surface area (Å²) in [5, 5.41) is 0. The molecule has 0 aliphatic carbocycles. The summed E-state index contributed by atoms with van der Waals surface area (Å²) in [7, 11) is 0. The summed E-state index contributed by atoms with van der Waals surface area (Å²) in [5.41, 5.74) is 0. The molecule has 0 bridgehead atoms. The Kier molecular flexibility index (Phi) is 2.57. The number of rotatable bonds is 0. The van der Waals surface area contributed by atoms with Crippen LogP contribution in [0.25, 0.3) is 0 Å². The Balaban J connectivity index is 0.0000000900. The van der Waals surface area contributed by atoms with Gasteiger partial charge in [0.2, 0.25) is 0 Å². The zero-order valence-electron chi connectivity index (χ0n) is 2.32. The fraction of sp³-hybridized carbons (Fsp3) is 1.00. The van der Waals surface area contributed by atoms with Gasteiger partial charge in [0.05, 0.1) is 13.2 Å². The van der Waals surface area contributed by atoms with Crippen molar-refractivity contribution in [3.63, 3.8) is 0 Å². The number of hydrogen-bond donors (Lipinski definition) is 0. The van der Waals surface area contributed by atoms with Gasteiger partial charge in [0.15, 0.2) is 0 Å². The molecular formula is C2H6OPo. The maximum atomic E-state index is 4.50. The molecule has 0 unspecified atom stereocenters. The topological polar surface area (TPSA) is 12.5 Å². The normalized spacial score (nSPS) is 18.0. The molecule has 1 aliphatic rings. The van der Waals surface area contributed by atoms with Crippen molar-refractivity contribution in [1.29, 1.82) is 0 Å². The van der Waals surface area contributed by atoms with E-state index in [-0.39, 0.29) is 26.6 Å². The minimum atomic E-state index is 0. The third-order valence-electron chi connectivity index (χ3n) is 0.204. The Labute approximate surface area is 44.8 Å². The quantitative estimate of drug-likeness (QED) is 0.511. The Morgan fingerprint density at radius 1 is 1.25 bits per heavy atom. The van der Waals surface area contributed by atoms with E-state index in [0.29, 0.717) is 0 Å². The zero-order chi connectivity index (χ0) is 2.12. The summed E-state index contributed by atoms with van der Waals surface area (Å²) >= 11 is 0. The molecule has 1 saturated heterocycles. The van der Waals surface area contributed by atoms with Crippen molar-refractivity contribution in [2.75, 3.05) is 13.2 Å². The van der Waals surface area contributed by atoms with Crippen LogP contribution in [0, 0.1) is 0 Å². The van der Waals surface area contributed by atoms with E-state index in [0.717, 1.165) is 13.2 Å². The Morgan fingerprint density at radius 3 is 1.50 bits per heavy atom. The zero-order valence-corrected chi connectivity index (χ0v) is 6.21. The second kappa shape index (κ2) is 2.12. The molecule has 1 heterocycles. The monoisotopic (exact) mass is 255 g/mol. The van der Waals surface area contributed by atoms with Crippen LogP contribution in [-0.4, -0.2) is 39.8 Å². The molecule has 0 N–H and O–H groups in total. The van der Waals surface area contributed by atoms with Crippen LogP contribution in [0.4, 0.5) is 0 Å². The van der Waals surface area contributed by atoms with E-state index >= 15 is 0 Å². The second-order valence-electron chi connectivity index (χ2n) is 0.612. The average Bonchev–Trinajstić information content (AvgIpc) is 1.46. The molecule has 0 aromatic heterocycles. The minimum absolute atomic E-state index is 0. The maximum absolute atomic E-state index is 4.50. The van der Waals surface area contributed by atoms with Crippen LogP contribution < -0.4 is 0 Å². The van der Waals surface area contributed by atoms with Gasteiger partial charge in [-0.2, -0.15) is 0 Å². The molecule has 2 heteroatoms. The van der Waals surface area contributed by atoms with Gasteiger partial charge in [-0.05, 0) is 0 Å². The van der Waals surface area contributed by atoms with Gasteiger partial charge in [-0.25, -0.2) is 0 Å². The van der Waals surface area contributed by atoms with Gasteiger partial charge in [-0.1, -0.05) is 0 Å². The first-order valence-electron chi connectivity index (χ1n) is 1.08. The van der Waals surface area contributed by atoms with Gasteiger partial charge < -0.3 is 4.74 Å². The molecule has 26 valence electrons. The van der Waals surface area contributed by atoms with Gasteiger partial charge in [-0.3, -0.25) is 0 Å². The SMILES string of the molecule is C1CO1.[PoH2]. The molecule has 0 atom stereocenters. The summed E-state index contributed by atoms with van der Waals surface area (Å²) < 4.78 is 4.50. The van der Waals surface area contributed by atoms with Crippen LogP contribution in [-0.2, 0) is 4.74 Å². The van der Waals surface area contributed by atoms with Crippen LogP contribution >= 0.6 is 0 Å². The number of hydrogen-bond acceptors (Lipinski definition) is 1. The van der Waals surface area contributed by atoms with E-state index in [1.54, 1.807) is 0 Å². The van der Waals surface area contributed by atoms with E-state index in [2.05, 4.69) is 4.74 Å². The third-order valence-corrected chi connectivity index (χ3v) is 0.204. The predicted octanol–water partition coefficient (Wildman–Crippen LogP) is -0.900. The Hall–Kier alpha value is 0.856. The molecule has 0 aromatic rings. The molecule has 1 aliphatic heterocycles. The van der Waals surface area contributed by atoms with Crippen molar-refractivity contribution in [3.05, 3.63) is 0 Å². The molecule has 0 radical (unpaired) electrons. The first kappa shape index (κ1) is 4.86. The van der Waals surface area contributed by atoms with Crippen molar-refractivity contribution in [3.8, 4) is 0 Å². The Bertz CT molecular complexity index is 10.8. The van der Waals surface area contributed by atoms with Crippen molar-refractivity contribution >= 4 is 26.6 Å². The summed E-state index contributed by atoms with van der Waals surface area (Å²) in [4.78, 5) is 0. The molecule has 1 rings (SSSR count). The molecule has 0 spiro atoms. The summed E-state index contributed by atoms with van der Waals surface area (Å²) in [6.45, 7) is 2.00. The van der Waals surface area contributed by atoms with Crippen molar-refractivity contribution < 1.29 is 4.74 Å². The Morgan fingerprint density at radius 2 is 1.50 bits per heavy atom. The van der Waals surface area contributed by atoms with E-state index in [4.69, 9.17) is 0 Å².